The van der Waals surface area contributed by atoms with Gasteiger partial charge in [0, 0.05) is 5.56 Å². The molecule has 1 N–H and O–H groups in total. The summed E-state index contributed by atoms with van der Waals surface area (Å²) in [5, 5.41) is 11.6. The number of nitrogens with one attached hydrogen (secondary N) is 1. The van der Waals surface area contributed by atoms with Crippen molar-refractivity contribution in [3.63, 3.8) is 0 Å². The van der Waals surface area contributed by atoms with E-state index in [1.807, 2.05) is 24.3 Å². The molecule has 6 heteroatoms. The number of nitrogens with zero attached hydrogens (tertiary/aromatic N) is 2. The Morgan fingerprint density at radius 1 is 1.50 bits per heavy atom. The Kier molecular flexibility index (Phi) is 3.69. The molecule has 2 rings (SSSR count). The highest BCUT2D eigenvalue weighted by Crippen LogP contribution is 2.28. The first-order valence-electron chi connectivity index (χ1n) is 5.14. The summed E-state index contributed by atoms with van der Waals surface area (Å²) < 4.78 is 5.14. The number of ether oxygens (including phenoxy) is 1. The number of aromatic nitrogens is 2. The molecule has 92 valence electrons. The number of amides is 1. The topological polar surface area (TPSA) is 64.1 Å². The lowest BCUT2D eigenvalue weighted by atomic mass is 10.2. The molecule has 0 aliphatic rings. The van der Waals surface area contributed by atoms with E-state index in [0.717, 1.165) is 11.3 Å². The monoisotopic (exact) mass is 261 g/mol. The third-order valence-corrected chi connectivity index (χ3v) is 3.04. The van der Waals surface area contributed by atoms with Crippen LogP contribution in [0.5, 0.6) is 5.75 Å². The second-order valence-corrected chi connectivity index (χ2v) is 4.32. The number of methoxy groups -OCH3 is 1. The quantitative estimate of drug-likeness (QED) is 0.858. The predicted molar refractivity (Wildman–Crippen MR) is 70.7 cm³/mol. The maximum Gasteiger partial charge on any atom is 0.249 e. The fourth-order valence-electron chi connectivity index (χ4n) is 1.30. The number of anilines is 1. The van der Waals surface area contributed by atoms with Crippen LogP contribution in [0.4, 0.5) is 5.13 Å². The Balaban J connectivity index is 2.23. The van der Waals surface area contributed by atoms with Crippen LogP contribution >= 0.6 is 11.3 Å². The van der Waals surface area contributed by atoms with Gasteiger partial charge in [-0.1, -0.05) is 30.0 Å². The van der Waals surface area contributed by atoms with Gasteiger partial charge < -0.3 is 4.74 Å². The average Bonchev–Trinajstić information content (AvgIpc) is 2.87. The van der Waals surface area contributed by atoms with Gasteiger partial charge >= 0.3 is 0 Å². The lowest BCUT2D eigenvalue weighted by molar-refractivity contribution is -0.111. The number of benzene rings is 1. The van der Waals surface area contributed by atoms with Gasteiger partial charge in [0.15, 0.2) is 0 Å². The van der Waals surface area contributed by atoms with E-state index in [0.29, 0.717) is 10.1 Å². The summed E-state index contributed by atoms with van der Waals surface area (Å²) in [5.74, 6) is 0.447. The molecule has 0 aliphatic carbocycles. The lowest BCUT2D eigenvalue weighted by Gasteiger charge is -2.00. The van der Waals surface area contributed by atoms with E-state index < -0.39 is 0 Å². The van der Waals surface area contributed by atoms with Crippen LogP contribution in [0, 0.1) is 0 Å². The van der Waals surface area contributed by atoms with Crippen molar-refractivity contribution in [2.45, 2.75) is 0 Å². The largest absolute Gasteiger partial charge is 0.497 e. The maximum absolute atomic E-state index is 11.1. The highest BCUT2D eigenvalue weighted by atomic mass is 32.1. The highest BCUT2D eigenvalue weighted by Gasteiger charge is 2.08. The van der Waals surface area contributed by atoms with Gasteiger partial charge in [-0.05, 0) is 18.2 Å². The summed E-state index contributed by atoms with van der Waals surface area (Å²) >= 11 is 1.29. The molecule has 1 aromatic heterocycles. The Morgan fingerprint density at radius 2 is 2.33 bits per heavy atom. The number of hydrogen-bond donors (Lipinski definition) is 1. The van der Waals surface area contributed by atoms with Crippen molar-refractivity contribution < 1.29 is 9.53 Å². The van der Waals surface area contributed by atoms with Gasteiger partial charge in [-0.3, -0.25) is 10.1 Å². The van der Waals surface area contributed by atoms with Crippen LogP contribution in [0.1, 0.15) is 0 Å². The second-order valence-electron chi connectivity index (χ2n) is 3.34. The Hall–Kier alpha value is -2.21. The van der Waals surface area contributed by atoms with Crippen LogP contribution < -0.4 is 10.1 Å². The molecule has 1 amide bonds. The summed E-state index contributed by atoms with van der Waals surface area (Å²) in [6, 6.07) is 7.49. The summed E-state index contributed by atoms with van der Waals surface area (Å²) in [6.45, 7) is 3.37. The smallest absolute Gasteiger partial charge is 0.249 e. The number of rotatable bonds is 4. The summed E-state index contributed by atoms with van der Waals surface area (Å²) in [6.07, 6.45) is 1.19. The van der Waals surface area contributed by atoms with Crippen LogP contribution in [0.15, 0.2) is 36.9 Å². The van der Waals surface area contributed by atoms with Crippen LogP contribution in [0.25, 0.3) is 10.6 Å². The van der Waals surface area contributed by atoms with Crippen molar-refractivity contribution in [3.05, 3.63) is 36.9 Å². The van der Waals surface area contributed by atoms with Crippen LogP contribution in [0.3, 0.4) is 0 Å². The minimum Gasteiger partial charge on any atom is -0.497 e. The molecule has 0 bridgehead atoms. The van der Waals surface area contributed by atoms with Crippen molar-refractivity contribution in [2.75, 3.05) is 12.4 Å². The van der Waals surface area contributed by atoms with Crippen LogP contribution in [0.2, 0.25) is 0 Å². The third kappa shape index (κ3) is 2.72. The second kappa shape index (κ2) is 5.42. The van der Waals surface area contributed by atoms with Crippen molar-refractivity contribution in [3.8, 4) is 16.3 Å². The van der Waals surface area contributed by atoms with E-state index in [1.165, 1.54) is 17.4 Å². The molecule has 0 unspecified atom stereocenters. The fourth-order valence-corrected chi connectivity index (χ4v) is 2.05. The third-order valence-electron chi connectivity index (χ3n) is 2.16. The first kappa shape index (κ1) is 12.3. The van der Waals surface area contributed by atoms with Gasteiger partial charge in [0.05, 0.1) is 7.11 Å². The highest BCUT2D eigenvalue weighted by molar-refractivity contribution is 7.18. The molecule has 0 saturated heterocycles. The maximum atomic E-state index is 11.1. The van der Waals surface area contributed by atoms with E-state index >= 15 is 0 Å². The van der Waals surface area contributed by atoms with Gasteiger partial charge in [0.2, 0.25) is 11.0 Å². The standard InChI is InChI=1S/C12H11N3O2S/c1-3-10(16)13-12-15-14-11(18-12)8-5-4-6-9(7-8)17-2/h3-7H,1H2,2H3,(H,13,15,16). The molecule has 0 fully saturated rings. The molecule has 1 heterocycles. The van der Waals surface area contributed by atoms with E-state index in [-0.39, 0.29) is 5.91 Å². The normalized spacial score (nSPS) is 9.83. The van der Waals surface area contributed by atoms with Crippen molar-refractivity contribution in [2.24, 2.45) is 0 Å². The Morgan fingerprint density at radius 3 is 3.06 bits per heavy atom. The number of hydrogen-bond acceptors (Lipinski definition) is 5. The van der Waals surface area contributed by atoms with Gasteiger partial charge in [0.25, 0.3) is 0 Å². The molecule has 18 heavy (non-hydrogen) atoms. The zero-order valence-corrected chi connectivity index (χ0v) is 10.5. The molecule has 0 spiro atoms. The minimum atomic E-state index is -0.302. The SMILES string of the molecule is C=CC(=O)Nc1nnc(-c2cccc(OC)c2)s1. The lowest BCUT2D eigenvalue weighted by Crippen LogP contribution is -2.06. The molecule has 0 saturated carbocycles. The first-order valence-corrected chi connectivity index (χ1v) is 5.96. The predicted octanol–water partition coefficient (Wildman–Crippen LogP) is 2.34. The number of carbonyl (C=O) groups is 1. The van der Waals surface area contributed by atoms with Gasteiger partial charge in [-0.2, -0.15) is 0 Å². The molecule has 1 aromatic carbocycles. The van der Waals surface area contributed by atoms with Crippen LogP contribution in [-0.4, -0.2) is 23.2 Å². The van der Waals surface area contributed by atoms with E-state index in [2.05, 4.69) is 22.1 Å². The van der Waals surface area contributed by atoms with E-state index in [4.69, 9.17) is 4.74 Å². The molecule has 0 radical (unpaired) electrons. The van der Waals surface area contributed by atoms with Crippen molar-refractivity contribution in [1.82, 2.24) is 10.2 Å². The first-order chi connectivity index (χ1) is 8.72. The Bertz CT molecular complexity index is 580. The van der Waals surface area contributed by atoms with Gasteiger partial charge in [-0.25, -0.2) is 0 Å². The molecule has 5 nitrogen and oxygen atoms in total. The van der Waals surface area contributed by atoms with Crippen LogP contribution in [-0.2, 0) is 4.79 Å². The molecule has 0 atom stereocenters. The summed E-state index contributed by atoms with van der Waals surface area (Å²) in [7, 11) is 1.61. The fraction of sp³-hybridized carbons (Fsp3) is 0.0833. The zero-order chi connectivity index (χ0) is 13.0. The molecular weight excluding hydrogens is 250 g/mol. The summed E-state index contributed by atoms with van der Waals surface area (Å²) in [4.78, 5) is 11.1. The summed E-state index contributed by atoms with van der Waals surface area (Å²) in [5.41, 5.74) is 0.894. The van der Waals surface area contributed by atoms with E-state index in [1.54, 1.807) is 7.11 Å². The van der Waals surface area contributed by atoms with Crippen molar-refractivity contribution >= 4 is 22.4 Å². The van der Waals surface area contributed by atoms with Gasteiger partial charge in [-0.15, -0.1) is 10.2 Å². The molecular formula is C12H11N3O2S. The Labute approximate surface area is 108 Å². The average molecular weight is 261 g/mol. The zero-order valence-electron chi connectivity index (χ0n) is 9.71. The molecule has 0 aliphatic heterocycles. The molecule has 2 aromatic rings. The van der Waals surface area contributed by atoms with Crippen molar-refractivity contribution in [1.29, 1.82) is 0 Å². The van der Waals surface area contributed by atoms with E-state index in [9.17, 15) is 4.79 Å². The van der Waals surface area contributed by atoms with Gasteiger partial charge in [0.1, 0.15) is 10.8 Å². The number of carbonyl (C=O) groups excluding carboxylic acids is 1. The minimum absolute atomic E-state index is 0.302.